The van der Waals surface area contributed by atoms with E-state index < -0.39 is 17.2 Å². The van der Waals surface area contributed by atoms with Crippen LogP contribution < -0.4 is 11.4 Å². The minimum absolute atomic E-state index is 0.0550. The van der Waals surface area contributed by atoms with Crippen molar-refractivity contribution in [3.8, 4) is 0 Å². The molecule has 0 radical (unpaired) electrons. The van der Waals surface area contributed by atoms with Crippen LogP contribution >= 0.6 is 0 Å². The fourth-order valence-corrected chi connectivity index (χ4v) is 2.16. The molecule has 1 aromatic carbocycles. The number of hydrogen-bond acceptors (Lipinski definition) is 3. The highest BCUT2D eigenvalue weighted by Crippen LogP contribution is 2.32. The van der Waals surface area contributed by atoms with Crippen molar-refractivity contribution in [3.63, 3.8) is 0 Å². The molecule has 1 fully saturated rings. The lowest BCUT2D eigenvalue weighted by atomic mass is 10.2. The molecule has 2 aromatic rings. The lowest BCUT2D eigenvalue weighted by molar-refractivity contribution is 0.405. The van der Waals surface area contributed by atoms with Crippen LogP contribution in [0, 0.1) is 11.7 Å². The second-order valence-corrected chi connectivity index (χ2v) is 4.68. The van der Waals surface area contributed by atoms with Gasteiger partial charge in [0.05, 0.1) is 10.9 Å². The Balaban J connectivity index is 2.21. The van der Waals surface area contributed by atoms with Gasteiger partial charge >= 0.3 is 11.4 Å². The summed E-state index contributed by atoms with van der Waals surface area (Å²) in [6.07, 6.45) is 3.13. The molecule has 3 rings (SSSR count). The number of halogens is 1. The highest BCUT2D eigenvalue weighted by Gasteiger charge is 2.22. The largest absolute Gasteiger partial charge is 0.422 e. The smallest absolute Gasteiger partial charge is 0.372 e. The standard InChI is InChI=1S/C13H12FNO3/c14-10-3-1-2-9-11(10)15(7-6-8-4-5-8)13(17)18-12(9)16/h1-3,8H,4-7H2. The molecule has 18 heavy (non-hydrogen) atoms. The van der Waals surface area contributed by atoms with Crippen molar-refractivity contribution in [1.82, 2.24) is 4.57 Å². The monoisotopic (exact) mass is 249 g/mol. The Morgan fingerprint density at radius 1 is 1.33 bits per heavy atom. The van der Waals surface area contributed by atoms with Gasteiger partial charge in [-0.15, -0.1) is 0 Å². The van der Waals surface area contributed by atoms with Crippen LogP contribution in [-0.4, -0.2) is 4.57 Å². The summed E-state index contributed by atoms with van der Waals surface area (Å²) in [4.78, 5) is 23.2. The summed E-state index contributed by atoms with van der Waals surface area (Å²) in [5.74, 6) is -0.725. The zero-order valence-electron chi connectivity index (χ0n) is 9.69. The van der Waals surface area contributed by atoms with Crippen LogP contribution in [0.25, 0.3) is 10.9 Å². The molecule has 0 saturated heterocycles. The molecule has 0 aliphatic heterocycles. The number of aromatic nitrogens is 1. The van der Waals surface area contributed by atoms with E-state index in [4.69, 9.17) is 0 Å². The number of fused-ring (bicyclic) bond motifs is 1. The van der Waals surface area contributed by atoms with E-state index in [0.717, 1.165) is 19.3 Å². The Morgan fingerprint density at radius 2 is 2.11 bits per heavy atom. The van der Waals surface area contributed by atoms with E-state index in [1.165, 1.54) is 22.8 Å². The maximum absolute atomic E-state index is 13.8. The van der Waals surface area contributed by atoms with Crippen LogP contribution in [0.15, 0.2) is 32.2 Å². The van der Waals surface area contributed by atoms with Gasteiger partial charge in [-0.1, -0.05) is 18.9 Å². The van der Waals surface area contributed by atoms with Crippen molar-refractivity contribution in [3.05, 3.63) is 45.0 Å². The summed E-state index contributed by atoms with van der Waals surface area (Å²) in [6, 6.07) is 4.15. The average Bonchev–Trinajstić information content (AvgIpc) is 3.13. The SMILES string of the molecule is O=c1oc(=O)n(CCC2CC2)c2c(F)cccc12. The highest BCUT2D eigenvalue weighted by atomic mass is 19.1. The maximum Gasteiger partial charge on any atom is 0.422 e. The van der Waals surface area contributed by atoms with Crippen molar-refractivity contribution in [2.45, 2.75) is 25.8 Å². The van der Waals surface area contributed by atoms with Gasteiger partial charge < -0.3 is 4.42 Å². The first-order valence-corrected chi connectivity index (χ1v) is 5.99. The molecule has 94 valence electrons. The Hall–Kier alpha value is -1.91. The molecule has 1 heterocycles. The highest BCUT2D eigenvalue weighted by molar-refractivity contribution is 5.77. The van der Waals surface area contributed by atoms with Gasteiger partial charge in [0.25, 0.3) is 0 Å². The van der Waals surface area contributed by atoms with Crippen molar-refractivity contribution in [2.24, 2.45) is 5.92 Å². The van der Waals surface area contributed by atoms with Gasteiger partial charge in [-0.2, -0.15) is 0 Å². The molecule has 1 aliphatic rings. The predicted octanol–water partition coefficient (Wildman–Crippen LogP) is 1.89. The number of rotatable bonds is 3. The molecular weight excluding hydrogens is 237 g/mol. The lowest BCUT2D eigenvalue weighted by Gasteiger charge is -2.08. The summed E-state index contributed by atoms with van der Waals surface area (Å²) in [6.45, 7) is 0.394. The van der Waals surface area contributed by atoms with Crippen LogP contribution in [0.1, 0.15) is 19.3 Å². The summed E-state index contributed by atoms with van der Waals surface area (Å²) in [7, 11) is 0. The third-order valence-corrected chi connectivity index (χ3v) is 3.33. The number of aryl methyl sites for hydroxylation is 1. The summed E-state index contributed by atoms with van der Waals surface area (Å²) in [5, 5.41) is 0.116. The summed E-state index contributed by atoms with van der Waals surface area (Å²) >= 11 is 0. The second-order valence-electron chi connectivity index (χ2n) is 4.68. The van der Waals surface area contributed by atoms with Gasteiger partial charge in [-0.05, 0) is 24.5 Å². The topological polar surface area (TPSA) is 52.2 Å². The van der Waals surface area contributed by atoms with Gasteiger partial charge in [-0.3, -0.25) is 4.57 Å². The Morgan fingerprint density at radius 3 is 2.83 bits per heavy atom. The average molecular weight is 249 g/mol. The van der Waals surface area contributed by atoms with E-state index in [1.54, 1.807) is 0 Å². The zero-order valence-corrected chi connectivity index (χ0v) is 9.69. The lowest BCUT2D eigenvalue weighted by Crippen LogP contribution is -2.26. The first kappa shape index (κ1) is 11.2. The zero-order chi connectivity index (χ0) is 12.7. The van der Waals surface area contributed by atoms with Crippen LogP contribution in [-0.2, 0) is 6.54 Å². The quantitative estimate of drug-likeness (QED) is 0.834. The van der Waals surface area contributed by atoms with Crippen molar-refractivity contribution < 1.29 is 8.81 Å². The molecule has 0 N–H and O–H groups in total. The predicted molar refractivity (Wildman–Crippen MR) is 64.0 cm³/mol. The van der Waals surface area contributed by atoms with E-state index in [9.17, 15) is 14.0 Å². The normalized spacial score (nSPS) is 15.2. The molecule has 0 bridgehead atoms. The number of benzene rings is 1. The van der Waals surface area contributed by atoms with Crippen LogP contribution in [0.4, 0.5) is 4.39 Å². The summed E-state index contributed by atoms with van der Waals surface area (Å²) < 4.78 is 19.6. The third kappa shape index (κ3) is 1.85. The van der Waals surface area contributed by atoms with Crippen LogP contribution in [0.3, 0.4) is 0 Å². The first-order chi connectivity index (χ1) is 8.66. The van der Waals surface area contributed by atoms with Crippen molar-refractivity contribution >= 4 is 10.9 Å². The fourth-order valence-electron chi connectivity index (χ4n) is 2.16. The van der Waals surface area contributed by atoms with E-state index in [0.29, 0.717) is 12.5 Å². The Kier molecular flexibility index (Phi) is 2.54. The molecule has 0 amide bonds. The van der Waals surface area contributed by atoms with E-state index in [2.05, 4.69) is 4.42 Å². The molecule has 0 spiro atoms. The summed E-state index contributed by atoms with van der Waals surface area (Å²) in [5.41, 5.74) is -0.725. The van der Waals surface area contributed by atoms with E-state index in [1.807, 2.05) is 0 Å². The van der Waals surface area contributed by atoms with Crippen LogP contribution in [0.5, 0.6) is 0 Å². The molecule has 1 aliphatic carbocycles. The minimum atomic E-state index is -0.780. The fraction of sp³-hybridized carbons (Fsp3) is 0.385. The number of nitrogens with zero attached hydrogens (tertiary/aromatic N) is 1. The second kappa shape index (κ2) is 4.08. The number of hydrogen-bond donors (Lipinski definition) is 0. The van der Waals surface area contributed by atoms with Gasteiger partial charge in [0, 0.05) is 6.54 Å². The molecule has 0 atom stereocenters. The van der Waals surface area contributed by atoms with Gasteiger partial charge in [0.2, 0.25) is 0 Å². The van der Waals surface area contributed by atoms with Crippen LogP contribution in [0.2, 0.25) is 0 Å². The maximum atomic E-state index is 13.8. The third-order valence-electron chi connectivity index (χ3n) is 3.33. The molecule has 0 unspecified atom stereocenters. The number of para-hydroxylation sites is 1. The molecule has 1 saturated carbocycles. The Bertz CT molecular complexity index is 712. The van der Waals surface area contributed by atoms with Crippen molar-refractivity contribution in [1.29, 1.82) is 0 Å². The molecule has 5 heteroatoms. The van der Waals surface area contributed by atoms with Crippen molar-refractivity contribution in [2.75, 3.05) is 0 Å². The first-order valence-electron chi connectivity index (χ1n) is 5.99. The molecular formula is C13H12FNO3. The molecule has 4 nitrogen and oxygen atoms in total. The minimum Gasteiger partial charge on any atom is -0.372 e. The van der Waals surface area contributed by atoms with Gasteiger partial charge in [0.15, 0.2) is 0 Å². The van der Waals surface area contributed by atoms with Gasteiger partial charge in [0.1, 0.15) is 5.82 Å². The van der Waals surface area contributed by atoms with Gasteiger partial charge in [-0.25, -0.2) is 14.0 Å². The molecule has 1 aromatic heterocycles. The van der Waals surface area contributed by atoms with E-state index >= 15 is 0 Å². The van der Waals surface area contributed by atoms with E-state index in [-0.39, 0.29) is 10.9 Å². The Labute approximate surface area is 102 Å².